The standard InChI is InChI=1S/C37H61F3O5Si2/c1-27-24-33(45-47(11,12)36(5,6)7)32(20-15-13-14-16-21-34(41)42-8)31(27)23-22-30(44-46(9,10)35(2,3)4)26-43-29-19-17-18-28(25-29)37(38,39)40/h13,15,17-19,22-23,25,27,30-33H,14,16,20-21,24,26H2,1-12H3/b15-13-,23-22+/t27-,30-,31+,32-,33+/m1/s1. The van der Waals surface area contributed by atoms with E-state index in [9.17, 15) is 18.0 Å². The van der Waals surface area contributed by atoms with Crippen LogP contribution in [0.25, 0.3) is 0 Å². The first kappa shape index (κ1) is 41.3. The Bertz CT molecular complexity index is 1200. The minimum atomic E-state index is -4.44. The van der Waals surface area contributed by atoms with E-state index in [0.717, 1.165) is 37.8 Å². The molecule has 47 heavy (non-hydrogen) atoms. The van der Waals surface area contributed by atoms with Gasteiger partial charge in [-0.25, -0.2) is 0 Å². The van der Waals surface area contributed by atoms with Crippen LogP contribution in [0.2, 0.25) is 36.3 Å². The summed E-state index contributed by atoms with van der Waals surface area (Å²) >= 11 is 0. The van der Waals surface area contributed by atoms with Crippen LogP contribution in [0.1, 0.15) is 86.1 Å². The third kappa shape index (κ3) is 12.5. The van der Waals surface area contributed by atoms with Gasteiger partial charge in [-0.1, -0.05) is 78.8 Å². The Morgan fingerprint density at radius 3 is 2.21 bits per heavy atom. The summed E-state index contributed by atoms with van der Waals surface area (Å²) in [5.74, 6) is 0.831. The third-order valence-corrected chi connectivity index (χ3v) is 19.4. The fraction of sp³-hybridized carbons (Fsp3) is 0.703. The molecule has 268 valence electrons. The summed E-state index contributed by atoms with van der Waals surface area (Å²) in [6.07, 6.45) is 7.73. The lowest BCUT2D eigenvalue weighted by molar-refractivity contribution is -0.140. The molecule has 1 aromatic carbocycles. The molecule has 1 aliphatic carbocycles. The molecule has 1 fully saturated rings. The van der Waals surface area contributed by atoms with Gasteiger partial charge in [0.2, 0.25) is 0 Å². The highest BCUT2D eigenvalue weighted by atomic mass is 28.4. The lowest BCUT2D eigenvalue weighted by Crippen LogP contribution is -2.45. The van der Waals surface area contributed by atoms with Crippen LogP contribution in [0, 0.1) is 17.8 Å². The lowest BCUT2D eigenvalue weighted by atomic mass is 9.87. The summed E-state index contributed by atoms with van der Waals surface area (Å²) in [7, 11) is -2.86. The average Bonchev–Trinajstić information content (AvgIpc) is 3.22. The molecule has 0 unspecified atom stereocenters. The lowest BCUT2D eigenvalue weighted by Gasteiger charge is -2.40. The summed E-state index contributed by atoms with van der Waals surface area (Å²) in [6, 6.07) is 5.02. The molecule has 1 aliphatic rings. The molecule has 10 heteroatoms. The maximum absolute atomic E-state index is 13.4. The van der Waals surface area contributed by atoms with E-state index >= 15 is 0 Å². The number of rotatable bonds is 15. The van der Waals surface area contributed by atoms with Gasteiger partial charge in [-0.2, -0.15) is 13.2 Å². The van der Waals surface area contributed by atoms with Gasteiger partial charge in [0.15, 0.2) is 16.6 Å². The number of hydrogen-bond donors (Lipinski definition) is 0. The number of carbonyl (C=O) groups excluding carboxylic acids is 1. The number of benzene rings is 1. The molecule has 0 saturated heterocycles. The number of ether oxygens (including phenoxy) is 2. The molecule has 0 radical (unpaired) electrons. The highest BCUT2D eigenvalue weighted by Gasteiger charge is 2.46. The van der Waals surface area contributed by atoms with E-state index in [4.69, 9.17) is 18.3 Å². The molecule has 0 aliphatic heterocycles. The second kappa shape index (κ2) is 16.7. The highest BCUT2D eigenvalue weighted by molar-refractivity contribution is 6.74. The van der Waals surface area contributed by atoms with Crippen LogP contribution in [0.15, 0.2) is 48.6 Å². The average molecular weight is 699 g/mol. The Morgan fingerprint density at radius 1 is 1.00 bits per heavy atom. The van der Waals surface area contributed by atoms with E-state index < -0.39 is 34.5 Å². The molecular weight excluding hydrogens is 638 g/mol. The van der Waals surface area contributed by atoms with Gasteiger partial charge >= 0.3 is 12.1 Å². The molecule has 0 heterocycles. The van der Waals surface area contributed by atoms with Gasteiger partial charge in [-0.3, -0.25) is 4.79 Å². The second-order valence-electron chi connectivity index (χ2n) is 16.2. The second-order valence-corrected chi connectivity index (χ2v) is 25.7. The normalized spacial score (nSPS) is 22.3. The Labute approximate surface area is 284 Å². The topological polar surface area (TPSA) is 54.0 Å². The smallest absolute Gasteiger partial charge is 0.416 e. The molecule has 0 amide bonds. The van der Waals surface area contributed by atoms with Gasteiger partial charge in [0.05, 0.1) is 18.8 Å². The number of alkyl halides is 3. The predicted molar refractivity (Wildman–Crippen MR) is 191 cm³/mol. The molecule has 1 aromatic rings. The van der Waals surface area contributed by atoms with Gasteiger partial charge < -0.3 is 18.3 Å². The molecule has 0 spiro atoms. The van der Waals surface area contributed by atoms with E-state index in [1.807, 2.05) is 0 Å². The van der Waals surface area contributed by atoms with Gasteiger partial charge in [0, 0.05) is 12.5 Å². The van der Waals surface area contributed by atoms with E-state index in [1.165, 1.54) is 13.2 Å². The van der Waals surface area contributed by atoms with Gasteiger partial charge in [-0.15, -0.1) is 0 Å². The van der Waals surface area contributed by atoms with Crippen LogP contribution in [-0.4, -0.2) is 48.5 Å². The molecule has 0 N–H and O–H groups in total. The van der Waals surface area contributed by atoms with Crippen LogP contribution in [-0.2, 0) is 24.6 Å². The molecule has 5 atom stereocenters. The van der Waals surface area contributed by atoms with Crippen LogP contribution >= 0.6 is 0 Å². The number of unbranched alkanes of at least 4 members (excludes halogenated alkanes) is 1. The molecule has 0 bridgehead atoms. The molecule has 0 aromatic heterocycles. The zero-order chi connectivity index (χ0) is 35.8. The van der Waals surface area contributed by atoms with Crippen molar-refractivity contribution >= 4 is 22.6 Å². The Hall–Kier alpha value is -1.89. The Kier molecular flexibility index (Phi) is 14.7. The summed E-state index contributed by atoms with van der Waals surface area (Å²) in [5, 5.41) is 0.0283. The number of halogens is 3. The zero-order valence-corrected chi connectivity index (χ0v) is 32.9. The minimum absolute atomic E-state index is 0.0563. The molecule has 1 saturated carbocycles. The number of esters is 1. The zero-order valence-electron chi connectivity index (χ0n) is 30.9. The largest absolute Gasteiger partial charge is 0.491 e. The maximum Gasteiger partial charge on any atom is 0.416 e. The van der Waals surface area contributed by atoms with E-state index in [1.54, 1.807) is 6.07 Å². The first-order valence-electron chi connectivity index (χ1n) is 17.0. The SMILES string of the molecule is COC(=O)CCC/C=C\C[C@@H]1[C@@H](/C=C/[C@H](COc2cccc(C(F)(F)F)c2)O[Si](C)(C)C(C)(C)C)[C@H](C)C[C@@H]1O[Si](C)(C)C(C)(C)C. The Morgan fingerprint density at radius 2 is 1.64 bits per heavy atom. The van der Waals surface area contributed by atoms with E-state index in [-0.39, 0.29) is 46.3 Å². The predicted octanol–water partition coefficient (Wildman–Crippen LogP) is 11.0. The number of methoxy groups -OCH3 is 1. The van der Waals surface area contributed by atoms with Crippen molar-refractivity contribution in [2.24, 2.45) is 17.8 Å². The molecule has 5 nitrogen and oxygen atoms in total. The van der Waals surface area contributed by atoms with Crippen molar-refractivity contribution in [1.29, 1.82) is 0 Å². The van der Waals surface area contributed by atoms with Crippen LogP contribution in [0.3, 0.4) is 0 Å². The summed E-state index contributed by atoms with van der Waals surface area (Å²) in [4.78, 5) is 11.5. The van der Waals surface area contributed by atoms with Crippen molar-refractivity contribution in [3.8, 4) is 5.75 Å². The van der Waals surface area contributed by atoms with Gasteiger partial charge in [0.1, 0.15) is 12.4 Å². The van der Waals surface area contributed by atoms with E-state index in [0.29, 0.717) is 12.3 Å². The maximum atomic E-state index is 13.4. The summed E-state index contributed by atoms with van der Waals surface area (Å²) < 4.78 is 64.7. The van der Waals surface area contributed by atoms with Crippen molar-refractivity contribution in [3.63, 3.8) is 0 Å². The van der Waals surface area contributed by atoms with Crippen molar-refractivity contribution in [2.75, 3.05) is 13.7 Å². The van der Waals surface area contributed by atoms with E-state index in [2.05, 4.69) is 99.0 Å². The first-order chi connectivity index (χ1) is 21.5. The van der Waals surface area contributed by atoms with Crippen molar-refractivity contribution in [1.82, 2.24) is 0 Å². The number of carbonyl (C=O) groups is 1. The third-order valence-electron chi connectivity index (χ3n) is 10.4. The molecule has 2 rings (SSSR count). The first-order valence-corrected chi connectivity index (χ1v) is 22.9. The highest BCUT2D eigenvalue weighted by Crippen LogP contribution is 2.47. The Balaban J connectivity index is 2.36. The van der Waals surface area contributed by atoms with Crippen LogP contribution in [0.5, 0.6) is 5.75 Å². The fourth-order valence-electron chi connectivity index (χ4n) is 5.41. The number of hydrogen-bond acceptors (Lipinski definition) is 5. The number of allylic oxidation sites excluding steroid dienone is 3. The fourth-order valence-corrected chi connectivity index (χ4v) is 8.05. The van der Waals surface area contributed by atoms with Crippen molar-refractivity contribution < 1.29 is 36.3 Å². The van der Waals surface area contributed by atoms with Gasteiger partial charge in [-0.05, 0) is 97.9 Å². The van der Waals surface area contributed by atoms with Gasteiger partial charge in [0.25, 0.3) is 0 Å². The summed E-state index contributed by atoms with van der Waals surface area (Å²) in [5.41, 5.74) is -0.735. The molecular formula is C37H61F3O5Si2. The van der Waals surface area contributed by atoms with Crippen molar-refractivity contribution in [3.05, 3.63) is 54.1 Å². The summed E-state index contributed by atoms with van der Waals surface area (Å²) in [6.45, 7) is 24.6. The van der Waals surface area contributed by atoms with Crippen LogP contribution in [0.4, 0.5) is 13.2 Å². The van der Waals surface area contributed by atoms with Crippen molar-refractivity contribution in [2.45, 2.75) is 135 Å². The quantitative estimate of drug-likeness (QED) is 0.0790. The van der Waals surface area contributed by atoms with Crippen LogP contribution < -0.4 is 4.74 Å². The monoisotopic (exact) mass is 698 g/mol. The minimum Gasteiger partial charge on any atom is -0.491 e.